The second kappa shape index (κ2) is 7.57. The van der Waals surface area contributed by atoms with Crippen LogP contribution in [0.15, 0.2) is 36.8 Å². The Kier molecular flexibility index (Phi) is 4.91. The number of hydrogen-bond acceptors (Lipinski definition) is 5. The van der Waals surface area contributed by atoms with Crippen LogP contribution in [0.1, 0.15) is 51.8 Å². The smallest absolute Gasteiger partial charge is 0.383 e. The molecule has 3 atom stereocenters. The van der Waals surface area contributed by atoms with Gasteiger partial charge in [-0.25, -0.2) is 14.6 Å². The largest absolute Gasteiger partial charge is 0.418 e. The molecule has 2 N–H and O–H groups in total. The van der Waals surface area contributed by atoms with Gasteiger partial charge < -0.3 is 10.6 Å². The Morgan fingerprint density at radius 1 is 1.18 bits per heavy atom. The number of nitrogens with two attached hydrogens (primary N) is 1. The second-order valence-electron chi connectivity index (χ2n) is 8.83. The van der Waals surface area contributed by atoms with Gasteiger partial charge in [0.15, 0.2) is 5.69 Å². The van der Waals surface area contributed by atoms with Gasteiger partial charge in [-0.3, -0.25) is 4.79 Å². The average molecular weight is 456 g/mol. The Balaban J connectivity index is 1.63. The van der Waals surface area contributed by atoms with Crippen LogP contribution in [0, 0.1) is 25.7 Å². The molecule has 33 heavy (non-hydrogen) atoms. The summed E-state index contributed by atoms with van der Waals surface area (Å²) in [5.41, 5.74) is 6.64. The van der Waals surface area contributed by atoms with Crippen LogP contribution < -0.4 is 5.73 Å². The third-order valence-corrected chi connectivity index (χ3v) is 6.68. The number of fused-ring (bicyclic) bond motifs is 1. The molecule has 1 aliphatic carbocycles. The van der Waals surface area contributed by atoms with Gasteiger partial charge in [-0.15, -0.1) is 0 Å². The SMILES string of the molecule is Cc1ccc(-n2cccn2)c(C(=O)N2CC3CC3CC2c2c(C(F)(F)F)cnc(N)c2C)n1. The fourth-order valence-electron chi connectivity index (χ4n) is 4.85. The number of pyridine rings is 2. The predicted octanol–water partition coefficient (Wildman–Crippen LogP) is 4.10. The number of aromatic nitrogens is 4. The maximum absolute atomic E-state index is 14.0. The quantitative estimate of drug-likeness (QED) is 0.641. The van der Waals surface area contributed by atoms with Crippen molar-refractivity contribution in [3.63, 3.8) is 0 Å². The number of anilines is 1. The van der Waals surface area contributed by atoms with Gasteiger partial charge in [0.05, 0.1) is 17.3 Å². The lowest BCUT2D eigenvalue weighted by Crippen LogP contribution is -2.41. The number of nitrogen functional groups attached to an aromatic ring is 1. The number of aryl methyl sites for hydroxylation is 1. The Morgan fingerprint density at radius 3 is 2.67 bits per heavy atom. The molecule has 7 nitrogen and oxygen atoms in total. The molecule has 2 aliphatic rings. The van der Waals surface area contributed by atoms with E-state index >= 15 is 0 Å². The summed E-state index contributed by atoms with van der Waals surface area (Å²) in [6.07, 6.45) is 0.798. The predicted molar refractivity (Wildman–Crippen MR) is 114 cm³/mol. The summed E-state index contributed by atoms with van der Waals surface area (Å²) < 4.78 is 43.4. The van der Waals surface area contributed by atoms with Gasteiger partial charge in [-0.05, 0) is 67.9 Å². The Hall–Kier alpha value is -3.43. The molecule has 2 fully saturated rings. The average Bonchev–Trinajstić information content (AvgIpc) is 3.31. The molecule has 10 heteroatoms. The molecule has 0 aromatic carbocycles. The maximum Gasteiger partial charge on any atom is 0.418 e. The number of amides is 1. The first-order chi connectivity index (χ1) is 15.6. The summed E-state index contributed by atoms with van der Waals surface area (Å²) in [7, 11) is 0. The van der Waals surface area contributed by atoms with Crippen molar-refractivity contribution in [3.8, 4) is 5.69 Å². The fraction of sp³-hybridized carbons (Fsp3) is 0.391. The van der Waals surface area contributed by atoms with E-state index < -0.39 is 23.7 Å². The first-order valence-corrected chi connectivity index (χ1v) is 10.8. The summed E-state index contributed by atoms with van der Waals surface area (Å²) in [6, 6.07) is 4.48. The highest BCUT2D eigenvalue weighted by atomic mass is 19.4. The minimum atomic E-state index is -4.61. The van der Waals surface area contributed by atoms with Crippen molar-refractivity contribution >= 4 is 11.7 Å². The van der Waals surface area contributed by atoms with Crippen LogP contribution in [0.4, 0.5) is 19.0 Å². The topological polar surface area (TPSA) is 89.9 Å². The zero-order valence-corrected chi connectivity index (χ0v) is 18.2. The van der Waals surface area contributed by atoms with E-state index in [2.05, 4.69) is 15.1 Å². The first kappa shape index (κ1) is 21.4. The molecule has 0 radical (unpaired) electrons. The van der Waals surface area contributed by atoms with Crippen LogP contribution in [0.2, 0.25) is 0 Å². The number of hydrogen-bond donors (Lipinski definition) is 1. The van der Waals surface area contributed by atoms with E-state index in [1.165, 1.54) is 11.6 Å². The van der Waals surface area contributed by atoms with Crippen molar-refractivity contribution in [1.82, 2.24) is 24.6 Å². The van der Waals surface area contributed by atoms with Gasteiger partial charge in [0, 0.05) is 30.8 Å². The van der Waals surface area contributed by atoms with Gasteiger partial charge in [-0.1, -0.05) is 0 Å². The van der Waals surface area contributed by atoms with Crippen LogP contribution >= 0.6 is 0 Å². The molecule has 1 saturated carbocycles. The van der Waals surface area contributed by atoms with Crippen molar-refractivity contribution in [2.75, 3.05) is 12.3 Å². The van der Waals surface area contributed by atoms with Gasteiger partial charge in [0.2, 0.25) is 0 Å². The number of rotatable bonds is 3. The molecule has 1 saturated heterocycles. The van der Waals surface area contributed by atoms with Crippen LogP contribution in [-0.2, 0) is 6.18 Å². The zero-order valence-electron chi connectivity index (χ0n) is 18.2. The molecule has 1 aliphatic heterocycles. The van der Waals surface area contributed by atoms with E-state index in [1.54, 1.807) is 42.4 Å². The van der Waals surface area contributed by atoms with Gasteiger partial charge in [0.1, 0.15) is 5.82 Å². The van der Waals surface area contributed by atoms with E-state index in [9.17, 15) is 18.0 Å². The van der Waals surface area contributed by atoms with Crippen molar-refractivity contribution in [1.29, 1.82) is 0 Å². The van der Waals surface area contributed by atoms with Crippen LogP contribution in [0.5, 0.6) is 0 Å². The molecular formula is C23H23F3N6O. The fourth-order valence-corrected chi connectivity index (χ4v) is 4.85. The normalized spacial score (nSPS) is 22.2. The van der Waals surface area contributed by atoms with Gasteiger partial charge in [-0.2, -0.15) is 18.3 Å². The summed E-state index contributed by atoms with van der Waals surface area (Å²) in [5.74, 6) is 0.207. The molecule has 5 rings (SSSR count). The summed E-state index contributed by atoms with van der Waals surface area (Å²) >= 11 is 0. The molecule has 3 unspecified atom stereocenters. The van der Waals surface area contributed by atoms with E-state index in [1.807, 2.05) is 0 Å². The molecule has 4 heterocycles. The van der Waals surface area contributed by atoms with Gasteiger partial charge >= 0.3 is 6.18 Å². The Labute approximate surface area is 188 Å². The number of likely N-dealkylation sites (tertiary alicyclic amines) is 1. The minimum Gasteiger partial charge on any atom is -0.383 e. The lowest BCUT2D eigenvalue weighted by molar-refractivity contribution is -0.139. The molecule has 0 spiro atoms. The molecule has 3 aromatic heterocycles. The minimum absolute atomic E-state index is 0.0296. The van der Waals surface area contributed by atoms with E-state index in [4.69, 9.17) is 5.73 Å². The number of alkyl halides is 3. The second-order valence-corrected chi connectivity index (χ2v) is 8.83. The number of piperidine rings is 1. The van der Waals surface area contributed by atoms with E-state index in [-0.39, 0.29) is 28.6 Å². The standard InChI is InChI=1S/C23H23F3N6O/c1-12-4-5-17(32-7-3-6-29-32)20(30-12)22(33)31-11-15-8-14(15)9-18(31)19-13(2)21(27)28-10-16(19)23(24,25)26/h3-7,10,14-15,18H,8-9,11H2,1-2H3,(H2,27,28). The van der Waals surface area contributed by atoms with Crippen LogP contribution in [-0.4, -0.2) is 37.1 Å². The Morgan fingerprint density at radius 2 is 1.97 bits per heavy atom. The third kappa shape index (κ3) is 3.73. The Bertz CT molecular complexity index is 1220. The zero-order chi connectivity index (χ0) is 23.5. The summed E-state index contributed by atoms with van der Waals surface area (Å²) in [4.78, 5) is 23.6. The summed E-state index contributed by atoms with van der Waals surface area (Å²) in [5, 5.41) is 4.21. The maximum atomic E-state index is 14.0. The number of nitrogens with zero attached hydrogens (tertiary/aromatic N) is 5. The van der Waals surface area contributed by atoms with E-state index in [0.29, 0.717) is 30.3 Å². The lowest BCUT2D eigenvalue weighted by Gasteiger charge is -2.38. The van der Waals surface area contributed by atoms with Crippen LogP contribution in [0.3, 0.4) is 0 Å². The highest BCUT2D eigenvalue weighted by Crippen LogP contribution is 2.53. The van der Waals surface area contributed by atoms with Crippen molar-refractivity contribution < 1.29 is 18.0 Å². The van der Waals surface area contributed by atoms with Crippen molar-refractivity contribution in [2.45, 2.75) is 38.9 Å². The van der Waals surface area contributed by atoms with Crippen molar-refractivity contribution in [3.05, 3.63) is 64.9 Å². The molecular weight excluding hydrogens is 433 g/mol. The molecule has 172 valence electrons. The lowest BCUT2D eigenvalue weighted by atomic mass is 9.89. The van der Waals surface area contributed by atoms with E-state index in [0.717, 1.165) is 12.6 Å². The van der Waals surface area contributed by atoms with Crippen LogP contribution in [0.25, 0.3) is 5.69 Å². The van der Waals surface area contributed by atoms with Gasteiger partial charge in [0.25, 0.3) is 5.91 Å². The van der Waals surface area contributed by atoms with Crippen molar-refractivity contribution in [2.24, 2.45) is 11.8 Å². The number of carbonyl (C=O) groups is 1. The summed E-state index contributed by atoms with van der Waals surface area (Å²) in [6.45, 7) is 3.68. The molecule has 1 amide bonds. The molecule has 3 aromatic rings. The highest BCUT2D eigenvalue weighted by molar-refractivity contribution is 5.96. The molecule has 0 bridgehead atoms. The highest BCUT2D eigenvalue weighted by Gasteiger charge is 2.50. The number of halogens is 3. The monoisotopic (exact) mass is 456 g/mol. The first-order valence-electron chi connectivity index (χ1n) is 10.8. The third-order valence-electron chi connectivity index (χ3n) is 6.68. The number of carbonyl (C=O) groups excluding carboxylic acids is 1.